The van der Waals surface area contributed by atoms with Gasteiger partial charge in [0.15, 0.2) is 5.82 Å². The van der Waals surface area contributed by atoms with Crippen LogP contribution in [0.15, 0.2) is 47.6 Å². The second-order valence-electron chi connectivity index (χ2n) is 7.81. The zero-order valence-electron chi connectivity index (χ0n) is 16.7. The lowest BCUT2D eigenvalue weighted by atomic mass is 9.86. The molecule has 1 heterocycles. The molecule has 2 unspecified atom stereocenters. The van der Waals surface area contributed by atoms with Crippen LogP contribution in [0, 0.1) is 5.92 Å². The fourth-order valence-corrected chi connectivity index (χ4v) is 4.74. The number of benzene rings is 2. The summed E-state index contributed by atoms with van der Waals surface area (Å²) >= 11 is 1.33. The average molecular weight is 410 g/mol. The highest BCUT2D eigenvalue weighted by Crippen LogP contribution is 2.25. The van der Waals surface area contributed by atoms with Crippen LogP contribution in [0.3, 0.4) is 0 Å². The van der Waals surface area contributed by atoms with E-state index in [4.69, 9.17) is 5.84 Å². The number of fused-ring (bicyclic) bond motifs is 1. The third kappa shape index (κ3) is 4.56. The van der Waals surface area contributed by atoms with E-state index >= 15 is 0 Å². The zero-order valence-corrected chi connectivity index (χ0v) is 17.5. The number of carbonyl (C=O) groups excluding carboxylic acids is 1. The van der Waals surface area contributed by atoms with Crippen LogP contribution in [0.4, 0.5) is 0 Å². The summed E-state index contributed by atoms with van der Waals surface area (Å²) in [7, 11) is 0. The van der Waals surface area contributed by atoms with E-state index in [2.05, 4.69) is 46.7 Å². The third-order valence-corrected chi connectivity index (χ3v) is 6.70. The molecule has 1 amide bonds. The Morgan fingerprint density at radius 1 is 1.17 bits per heavy atom. The van der Waals surface area contributed by atoms with Crippen LogP contribution in [-0.4, -0.2) is 32.6 Å². The van der Waals surface area contributed by atoms with Crippen LogP contribution in [0.25, 0.3) is 10.8 Å². The van der Waals surface area contributed by atoms with E-state index in [1.54, 1.807) is 0 Å². The molecule has 1 fully saturated rings. The first-order valence-corrected chi connectivity index (χ1v) is 11.2. The van der Waals surface area contributed by atoms with Crippen LogP contribution >= 0.6 is 11.8 Å². The summed E-state index contributed by atoms with van der Waals surface area (Å²) in [6.45, 7) is 2.22. The largest absolute Gasteiger partial charge is 0.352 e. The molecular formula is C22H27N5OS. The molecule has 1 aliphatic carbocycles. The molecule has 3 aromatic rings. The van der Waals surface area contributed by atoms with Gasteiger partial charge in [0.05, 0.1) is 5.75 Å². The van der Waals surface area contributed by atoms with Gasteiger partial charge in [-0.1, -0.05) is 74.0 Å². The van der Waals surface area contributed by atoms with Crippen molar-refractivity contribution >= 4 is 28.4 Å². The Hall–Kier alpha value is -2.54. The second kappa shape index (κ2) is 8.86. The van der Waals surface area contributed by atoms with Crippen molar-refractivity contribution in [3.8, 4) is 0 Å². The number of hydrogen-bond acceptors (Lipinski definition) is 5. The van der Waals surface area contributed by atoms with E-state index in [1.807, 2.05) is 18.2 Å². The van der Waals surface area contributed by atoms with Gasteiger partial charge in [0.1, 0.15) is 0 Å². The highest BCUT2D eigenvalue weighted by atomic mass is 32.2. The second-order valence-corrected chi connectivity index (χ2v) is 8.75. The number of amides is 1. The SMILES string of the molecule is CC1CCCCC1NC(=O)CSc1nnc(Cc2cccc3ccccc23)n1N. The summed E-state index contributed by atoms with van der Waals surface area (Å²) in [6, 6.07) is 14.8. The van der Waals surface area contributed by atoms with Gasteiger partial charge in [0.25, 0.3) is 0 Å². The van der Waals surface area contributed by atoms with E-state index in [9.17, 15) is 4.79 Å². The Labute approximate surface area is 175 Å². The molecule has 2 aromatic carbocycles. The van der Waals surface area contributed by atoms with Gasteiger partial charge < -0.3 is 11.2 Å². The van der Waals surface area contributed by atoms with Crippen molar-refractivity contribution in [2.75, 3.05) is 11.6 Å². The molecular weight excluding hydrogens is 382 g/mol. The van der Waals surface area contributed by atoms with Gasteiger partial charge in [-0.2, -0.15) is 0 Å². The van der Waals surface area contributed by atoms with E-state index in [0.29, 0.717) is 29.1 Å². The summed E-state index contributed by atoms with van der Waals surface area (Å²) in [4.78, 5) is 12.4. The third-order valence-electron chi connectivity index (χ3n) is 5.75. The van der Waals surface area contributed by atoms with Crippen LogP contribution in [0.1, 0.15) is 44.0 Å². The Balaban J connectivity index is 1.39. The molecule has 4 rings (SSSR count). The summed E-state index contributed by atoms with van der Waals surface area (Å²) in [6.07, 6.45) is 5.30. The van der Waals surface area contributed by atoms with Crippen molar-refractivity contribution in [3.63, 3.8) is 0 Å². The van der Waals surface area contributed by atoms with E-state index in [0.717, 1.165) is 12.0 Å². The summed E-state index contributed by atoms with van der Waals surface area (Å²) < 4.78 is 1.50. The minimum Gasteiger partial charge on any atom is -0.352 e. The van der Waals surface area contributed by atoms with Crippen molar-refractivity contribution in [1.29, 1.82) is 0 Å². The van der Waals surface area contributed by atoms with E-state index in [1.165, 1.54) is 46.5 Å². The molecule has 1 aliphatic rings. The van der Waals surface area contributed by atoms with Crippen molar-refractivity contribution < 1.29 is 4.79 Å². The predicted octanol–water partition coefficient (Wildman–Crippen LogP) is 3.52. The molecule has 1 saturated carbocycles. The van der Waals surface area contributed by atoms with Gasteiger partial charge in [0.2, 0.25) is 11.1 Å². The number of aromatic nitrogens is 3. The maximum atomic E-state index is 12.4. The van der Waals surface area contributed by atoms with Crippen LogP contribution < -0.4 is 11.2 Å². The quantitative estimate of drug-likeness (QED) is 0.481. The molecule has 0 bridgehead atoms. The zero-order chi connectivity index (χ0) is 20.2. The minimum atomic E-state index is 0.0346. The number of nitrogens with zero attached hydrogens (tertiary/aromatic N) is 3. The monoisotopic (exact) mass is 409 g/mol. The Bertz CT molecular complexity index is 997. The molecule has 0 saturated heterocycles. The van der Waals surface area contributed by atoms with E-state index in [-0.39, 0.29) is 11.9 Å². The molecule has 0 radical (unpaired) electrons. The van der Waals surface area contributed by atoms with Gasteiger partial charge in [-0.15, -0.1) is 10.2 Å². The molecule has 3 N–H and O–H groups in total. The lowest BCUT2D eigenvalue weighted by Gasteiger charge is -2.29. The molecule has 6 nitrogen and oxygen atoms in total. The summed E-state index contributed by atoms with van der Waals surface area (Å²) in [5, 5.41) is 14.6. The van der Waals surface area contributed by atoms with E-state index < -0.39 is 0 Å². The Morgan fingerprint density at radius 2 is 1.97 bits per heavy atom. The summed E-state index contributed by atoms with van der Waals surface area (Å²) in [5.41, 5.74) is 1.16. The molecule has 7 heteroatoms. The highest BCUT2D eigenvalue weighted by molar-refractivity contribution is 7.99. The van der Waals surface area contributed by atoms with Crippen molar-refractivity contribution in [2.24, 2.45) is 5.92 Å². The van der Waals surface area contributed by atoms with Crippen LogP contribution in [-0.2, 0) is 11.2 Å². The number of thioether (sulfide) groups is 1. The smallest absolute Gasteiger partial charge is 0.230 e. The van der Waals surface area contributed by atoms with Gasteiger partial charge in [-0.05, 0) is 35.1 Å². The standard InChI is InChI=1S/C22H27N5OS/c1-15-7-2-5-12-19(15)24-21(28)14-29-22-26-25-20(27(22)23)13-17-10-6-9-16-8-3-4-11-18(16)17/h3-4,6,8-11,15,19H,2,5,7,12-14,23H2,1H3,(H,24,28). The molecule has 2 atom stereocenters. The van der Waals surface area contributed by atoms with Crippen LogP contribution in [0.5, 0.6) is 0 Å². The first kappa shape index (κ1) is 19.8. The fraction of sp³-hybridized carbons (Fsp3) is 0.409. The highest BCUT2D eigenvalue weighted by Gasteiger charge is 2.23. The maximum Gasteiger partial charge on any atom is 0.230 e. The Morgan fingerprint density at radius 3 is 2.83 bits per heavy atom. The van der Waals surface area contributed by atoms with Gasteiger partial charge in [0, 0.05) is 12.5 Å². The number of hydrogen-bond donors (Lipinski definition) is 2. The number of nitrogens with one attached hydrogen (secondary N) is 1. The predicted molar refractivity (Wildman–Crippen MR) is 117 cm³/mol. The number of carbonyl (C=O) groups is 1. The first-order chi connectivity index (χ1) is 14.1. The number of nitrogens with two attached hydrogens (primary N) is 1. The number of rotatable bonds is 6. The van der Waals surface area contributed by atoms with Gasteiger partial charge >= 0.3 is 0 Å². The lowest BCUT2D eigenvalue weighted by Crippen LogP contribution is -2.41. The summed E-state index contributed by atoms with van der Waals surface area (Å²) in [5.74, 6) is 7.79. The number of nitrogen functional groups attached to an aromatic ring is 1. The molecule has 29 heavy (non-hydrogen) atoms. The van der Waals surface area contributed by atoms with Crippen molar-refractivity contribution in [1.82, 2.24) is 20.2 Å². The average Bonchev–Trinajstić information content (AvgIpc) is 3.08. The maximum absolute atomic E-state index is 12.4. The normalized spacial score (nSPS) is 19.3. The molecule has 152 valence electrons. The first-order valence-electron chi connectivity index (χ1n) is 10.2. The van der Waals surface area contributed by atoms with Gasteiger partial charge in [-0.3, -0.25) is 4.79 Å². The molecule has 0 spiro atoms. The van der Waals surface area contributed by atoms with Crippen LogP contribution in [0.2, 0.25) is 0 Å². The topological polar surface area (TPSA) is 85.8 Å². The lowest BCUT2D eigenvalue weighted by molar-refractivity contribution is -0.119. The fourth-order valence-electron chi connectivity index (χ4n) is 4.05. The Kier molecular flexibility index (Phi) is 6.04. The van der Waals surface area contributed by atoms with Crippen molar-refractivity contribution in [2.45, 2.75) is 50.2 Å². The molecule has 0 aliphatic heterocycles. The minimum absolute atomic E-state index is 0.0346. The van der Waals surface area contributed by atoms with Gasteiger partial charge in [-0.25, -0.2) is 4.68 Å². The van der Waals surface area contributed by atoms with Crippen molar-refractivity contribution in [3.05, 3.63) is 53.9 Å². The molecule has 1 aromatic heterocycles.